The number of carbonyl (C=O) groups excluding carboxylic acids is 2. The molecular formula is C46H81NO8P+. The van der Waals surface area contributed by atoms with Gasteiger partial charge in [-0.25, -0.2) is 4.57 Å². The fraction of sp³-hybridized carbons (Fsp3) is 0.696. The Balaban J connectivity index is 4.51. The van der Waals surface area contributed by atoms with Crippen molar-refractivity contribution in [3.8, 4) is 0 Å². The van der Waals surface area contributed by atoms with E-state index in [9.17, 15) is 19.0 Å². The van der Waals surface area contributed by atoms with Crippen LogP contribution in [0.1, 0.15) is 155 Å². The topological polar surface area (TPSA) is 108 Å². The Bertz CT molecular complexity index is 1180. The second-order valence-corrected chi connectivity index (χ2v) is 16.8. The van der Waals surface area contributed by atoms with Gasteiger partial charge in [-0.15, -0.1) is 0 Å². The zero-order valence-corrected chi connectivity index (χ0v) is 37.0. The number of hydrogen-bond donors (Lipinski definition) is 1. The summed E-state index contributed by atoms with van der Waals surface area (Å²) in [4.78, 5) is 35.3. The molecule has 0 spiro atoms. The maximum Gasteiger partial charge on any atom is 0.472 e. The number of ether oxygens (including phenoxy) is 2. The lowest BCUT2D eigenvalue weighted by Gasteiger charge is -2.24. The molecule has 0 saturated heterocycles. The third kappa shape index (κ3) is 41.1. The van der Waals surface area contributed by atoms with Gasteiger partial charge in [0.1, 0.15) is 19.8 Å². The molecule has 0 bridgehead atoms. The number of likely N-dealkylation sites (N-methyl/N-ethyl adjacent to an activating group) is 1. The molecule has 0 aliphatic carbocycles. The quantitative estimate of drug-likeness (QED) is 0.0216. The van der Waals surface area contributed by atoms with Gasteiger partial charge in [0.15, 0.2) is 6.10 Å². The molecule has 0 amide bonds. The van der Waals surface area contributed by atoms with Gasteiger partial charge in [0.05, 0.1) is 27.7 Å². The van der Waals surface area contributed by atoms with E-state index >= 15 is 0 Å². The third-order valence-electron chi connectivity index (χ3n) is 8.76. The van der Waals surface area contributed by atoms with Crippen molar-refractivity contribution >= 4 is 19.8 Å². The van der Waals surface area contributed by atoms with Crippen LogP contribution in [0.5, 0.6) is 0 Å². The SMILES string of the molecule is CCC=CCC=CCC=CCC=CCC=CCC=CCCC(=O)OC(COC(=O)CCCCCCCCCCCCCCC)COP(=O)(O)OCC[N+](C)(C)C. The number of hydrogen-bond acceptors (Lipinski definition) is 7. The van der Waals surface area contributed by atoms with Crippen LogP contribution in [-0.2, 0) is 32.7 Å². The minimum absolute atomic E-state index is 0.0157. The van der Waals surface area contributed by atoms with Crippen LogP contribution in [0.15, 0.2) is 72.9 Å². The first-order chi connectivity index (χ1) is 27.0. The first-order valence-corrected chi connectivity index (χ1v) is 23.2. The van der Waals surface area contributed by atoms with E-state index in [1.807, 2.05) is 33.3 Å². The molecule has 2 unspecified atom stereocenters. The zero-order chi connectivity index (χ0) is 41.4. The number of esters is 2. The van der Waals surface area contributed by atoms with Crippen LogP contribution >= 0.6 is 7.82 Å². The molecule has 0 heterocycles. The Morgan fingerprint density at radius 1 is 0.571 bits per heavy atom. The molecule has 0 aromatic rings. The number of phosphoric ester groups is 1. The molecule has 0 radical (unpaired) electrons. The van der Waals surface area contributed by atoms with Crippen molar-refractivity contribution < 1.29 is 42.1 Å². The van der Waals surface area contributed by atoms with Crippen LogP contribution in [0.4, 0.5) is 0 Å². The summed E-state index contributed by atoms with van der Waals surface area (Å²) in [6.07, 6.45) is 46.8. The summed E-state index contributed by atoms with van der Waals surface area (Å²) in [6, 6.07) is 0. The van der Waals surface area contributed by atoms with Crippen LogP contribution in [-0.4, -0.2) is 74.9 Å². The first kappa shape index (κ1) is 53.5. The highest BCUT2D eigenvalue weighted by Gasteiger charge is 2.27. The molecule has 0 fully saturated rings. The van der Waals surface area contributed by atoms with Gasteiger partial charge in [-0.1, -0.05) is 164 Å². The highest BCUT2D eigenvalue weighted by molar-refractivity contribution is 7.47. The van der Waals surface area contributed by atoms with Crippen LogP contribution in [0, 0.1) is 0 Å². The van der Waals surface area contributed by atoms with E-state index in [4.69, 9.17) is 18.5 Å². The molecule has 0 aliphatic rings. The minimum Gasteiger partial charge on any atom is -0.462 e. The molecule has 0 aromatic heterocycles. The number of quaternary nitrogens is 1. The highest BCUT2D eigenvalue weighted by atomic mass is 31.2. The Hall–Kier alpha value is -2.55. The summed E-state index contributed by atoms with van der Waals surface area (Å²) in [5.74, 6) is -0.900. The monoisotopic (exact) mass is 807 g/mol. The maximum atomic E-state index is 12.6. The van der Waals surface area contributed by atoms with E-state index in [-0.39, 0.29) is 26.1 Å². The molecule has 0 rings (SSSR count). The van der Waals surface area contributed by atoms with Gasteiger partial charge in [-0.2, -0.15) is 0 Å². The summed E-state index contributed by atoms with van der Waals surface area (Å²) in [6.45, 7) is 4.20. The number of carbonyl (C=O) groups is 2. The predicted molar refractivity (Wildman–Crippen MR) is 233 cm³/mol. The van der Waals surface area contributed by atoms with E-state index in [0.29, 0.717) is 17.4 Å². The first-order valence-electron chi connectivity index (χ1n) is 21.7. The number of phosphoric acid groups is 1. The number of nitrogens with zero attached hydrogens (tertiary/aromatic N) is 1. The van der Waals surface area contributed by atoms with Gasteiger partial charge in [-0.3, -0.25) is 18.6 Å². The fourth-order valence-electron chi connectivity index (χ4n) is 5.39. The lowest BCUT2D eigenvalue weighted by atomic mass is 10.0. The van der Waals surface area contributed by atoms with Crippen molar-refractivity contribution in [3.63, 3.8) is 0 Å². The van der Waals surface area contributed by atoms with E-state index < -0.39 is 32.5 Å². The van der Waals surface area contributed by atoms with Crippen LogP contribution in [0.2, 0.25) is 0 Å². The molecule has 0 saturated carbocycles. The molecule has 10 heteroatoms. The largest absolute Gasteiger partial charge is 0.472 e. The number of allylic oxidation sites excluding steroid dienone is 12. The van der Waals surface area contributed by atoms with E-state index in [0.717, 1.165) is 57.8 Å². The van der Waals surface area contributed by atoms with Crippen LogP contribution < -0.4 is 0 Å². The van der Waals surface area contributed by atoms with Gasteiger partial charge in [-0.05, 0) is 51.4 Å². The number of rotatable bonds is 38. The van der Waals surface area contributed by atoms with E-state index in [1.165, 1.54) is 64.2 Å². The van der Waals surface area contributed by atoms with E-state index in [1.54, 1.807) is 0 Å². The van der Waals surface area contributed by atoms with E-state index in [2.05, 4.69) is 74.6 Å². The second-order valence-electron chi connectivity index (χ2n) is 15.4. The van der Waals surface area contributed by atoms with Gasteiger partial charge >= 0.3 is 19.8 Å². The fourth-order valence-corrected chi connectivity index (χ4v) is 6.13. The van der Waals surface area contributed by atoms with Gasteiger partial charge < -0.3 is 18.9 Å². The Morgan fingerprint density at radius 2 is 1.02 bits per heavy atom. The molecule has 0 aromatic carbocycles. The second kappa shape index (κ2) is 38.0. The molecule has 56 heavy (non-hydrogen) atoms. The third-order valence-corrected chi connectivity index (χ3v) is 9.75. The molecule has 9 nitrogen and oxygen atoms in total. The average Bonchev–Trinajstić information content (AvgIpc) is 3.15. The van der Waals surface area contributed by atoms with Crippen molar-refractivity contribution in [1.29, 1.82) is 0 Å². The smallest absolute Gasteiger partial charge is 0.462 e. The van der Waals surface area contributed by atoms with Crippen LogP contribution in [0.3, 0.4) is 0 Å². The molecule has 1 N–H and O–H groups in total. The molecule has 322 valence electrons. The lowest BCUT2D eigenvalue weighted by Crippen LogP contribution is -2.37. The number of unbranched alkanes of at least 4 members (excludes halogenated alkanes) is 12. The summed E-state index contributed by atoms with van der Waals surface area (Å²) < 4.78 is 34.2. The van der Waals surface area contributed by atoms with Gasteiger partial charge in [0, 0.05) is 12.8 Å². The summed E-state index contributed by atoms with van der Waals surface area (Å²) in [5.41, 5.74) is 0. The van der Waals surface area contributed by atoms with Crippen molar-refractivity contribution in [3.05, 3.63) is 72.9 Å². The summed E-state index contributed by atoms with van der Waals surface area (Å²) in [5, 5.41) is 0. The highest BCUT2D eigenvalue weighted by Crippen LogP contribution is 2.43. The summed E-state index contributed by atoms with van der Waals surface area (Å²) in [7, 11) is 1.42. The summed E-state index contributed by atoms with van der Waals surface area (Å²) >= 11 is 0. The standard InChI is InChI=1S/C46H80NO8P/c1-6-8-10-12-14-16-18-20-21-22-23-24-25-27-29-31-33-35-37-39-46(49)55-44(43-54-56(50,51)53-41-40-47(3,4)5)42-52-45(48)38-36-34-32-30-28-26-19-17-15-13-11-9-7-2/h8,10,14,16,20-21,23-24,27,29,33,35,44H,6-7,9,11-13,15,17-19,22,25-26,28,30-32,34,36-43H2,1-5H3/p+1. The van der Waals surface area contributed by atoms with Crippen molar-refractivity contribution in [2.24, 2.45) is 0 Å². The lowest BCUT2D eigenvalue weighted by molar-refractivity contribution is -0.870. The minimum atomic E-state index is -4.40. The Morgan fingerprint density at radius 3 is 1.48 bits per heavy atom. The Labute approximate surface area is 342 Å². The maximum absolute atomic E-state index is 12.6. The van der Waals surface area contributed by atoms with Gasteiger partial charge in [0.25, 0.3) is 0 Å². The predicted octanol–water partition coefficient (Wildman–Crippen LogP) is 12.2. The average molecular weight is 807 g/mol. The Kier molecular flexibility index (Phi) is 36.3. The molecule has 0 aliphatic heterocycles. The van der Waals surface area contributed by atoms with Crippen molar-refractivity contribution in [1.82, 2.24) is 0 Å². The van der Waals surface area contributed by atoms with Gasteiger partial charge in [0.2, 0.25) is 0 Å². The molecular weight excluding hydrogens is 725 g/mol. The van der Waals surface area contributed by atoms with Crippen LogP contribution in [0.25, 0.3) is 0 Å². The molecule has 2 atom stereocenters. The van der Waals surface area contributed by atoms with Crippen molar-refractivity contribution in [2.45, 2.75) is 161 Å². The zero-order valence-electron chi connectivity index (χ0n) is 36.1. The van der Waals surface area contributed by atoms with Crippen molar-refractivity contribution in [2.75, 3.05) is 47.5 Å². The normalized spacial score (nSPS) is 14.3.